The fourth-order valence-corrected chi connectivity index (χ4v) is 1.68. The number of hydrogen-bond acceptors (Lipinski definition) is 3. The molecule has 0 aliphatic rings. The summed E-state index contributed by atoms with van der Waals surface area (Å²) in [6.45, 7) is 1.93. The number of aliphatic carboxylic acids is 3. The van der Waals surface area contributed by atoms with E-state index >= 15 is 0 Å². The van der Waals surface area contributed by atoms with Gasteiger partial charge in [0.15, 0.2) is 5.92 Å². The zero-order valence-corrected chi connectivity index (χ0v) is 9.76. The maximum absolute atomic E-state index is 10.7. The van der Waals surface area contributed by atoms with E-state index in [4.69, 9.17) is 15.3 Å². The van der Waals surface area contributed by atoms with E-state index < -0.39 is 29.7 Å². The Morgan fingerprint density at radius 1 is 1.06 bits per heavy atom. The minimum atomic E-state index is -1.52. The molecule has 0 amide bonds. The van der Waals surface area contributed by atoms with Gasteiger partial charge >= 0.3 is 17.9 Å². The highest BCUT2D eigenvalue weighted by Gasteiger charge is 2.29. The molecule has 3 N–H and O–H groups in total. The van der Waals surface area contributed by atoms with Crippen LogP contribution in [0, 0.1) is 11.8 Å². The van der Waals surface area contributed by atoms with Gasteiger partial charge in [0.05, 0.1) is 0 Å². The van der Waals surface area contributed by atoms with Crippen LogP contribution in [0.3, 0.4) is 0 Å². The Balaban J connectivity index is 4.51. The zero-order valence-electron chi connectivity index (χ0n) is 9.76. The molecule has 0 aliphatic carbocycles. The molecule has 0 heterocycles. The molecule has 0 aromatic carbocycles. The number of rotatable bonds is 9. The minimum absolute atomic E-state index is 0.128. The molecule has 0 saturated carbocycles. The molecule has 17 heavy (non-hydrogen) atoms. The molecule has 0 spiro atoms. The molecule has 1 unspecified atom stereocenters. The van der Waals surface area contributed by atoms with Gasteiger partial charge in [-0.1, -0.05) is 19.8 Å². The van der Waals surface area contributed by atoms with Crippen molar-refractivity contribution in [3.05, 3.63) is 0 Å². The minimum Gasteiger partial charge on any atom is -0.481 e. The highest BCUT2D eigenvalue weighted by molar-refractivity contribution is 5.92. The van der Waals surface area contributed by atoms with Gasteiger partial charge in [-0.25, -0.2) is 0 Å². The van der Waals surface area contributed by atoms with Crippen molar-refractivity contribution in [3.8, 4) is 0 Å². The van der Waals surface area contributed by atoms with Crippen molar-refractivity contribution < 1.29 is 29.7 Å². The van der Waals surface area contributed by atoms with Crippen molar-refractivity contribution in [2.75, 3.05) is 0 Å². The van der Waals surface area contributed by atoms with E-state index in [0.29, 0.717) is 6.42 Å². The van der Waals surface area contributed by atoms with Gasteiger partial charge in [-0.2, -0.15) is 0 Å². The molecule has 0 saturated heterocycles. The summed E-state index contributed by atoms with van der Waals surface area (Å²) in [6.07, 6.45) is 1.86. The Labute approximate surface area is 99.3 Å². The van der Waals surface area contributed by atoms with Crippen LogP contribution < -0.4 is 0 Å². The van der Waals surface area contributed by atoms with Gasteiger partial charge in [0.2, 0.25) is 0 Å². The van der Waals surface area contributed by atoms with E-state index in [1.54, 1.807) is 0 Å². The standard InChI is InChI=1S/C11H18O6/c1-2-3-4-7(6-9(12)13)5-8(10(14)15)11(16)17/h7-8H,2-6H2,1H3,(H,12,13)(H,14,15)(H,16,17). The van der Waals surface area contributed by atoms with Crippen LogP contribution in [0.15, 0.2) is 0 Å². The summed E-state index contributed by atoms with van der Waals surface area (Å²) in [5, 5.41) is 26.1. The fraction of sp³-hybridized carbons (Fsp3) is 0.727. The monoisotopic (exact) mass is 246 g/mol. The van der Waals surface area contributed by atoms with Crippen molar-refractivity contribution in [3.63, 3.8) is 0 Å². The first-order valence-electron chi connectivity index (χ1n) is 5.55. The Kier molecular flexibility index (Phi) is 6.93. The van der Waals surface area contributed by atoms with Crippen LogP contribution in [-0.2, 0) is 14.4 Å². The first-order chi connectivity index (χ1) is 7.88. The maximum Gasteiger partial charge on any atom is 0.317 e. The van der Waals surface area contributed by atoms with Crippen molar-refractivity contribution in [1.82, 2.24) is 0 Å². The molecule has 0 aromatic rings. The zero-order chi connectivity index (χ0) is 13.4. The Hall–Kier alpha value is -1.59. The molecule has 1 atom stereocenters. The predicted octanol–water partition coefficient (Wildman–Crippen LogP) is 1.44. The summed E-state index contributed by atoms with van der Waals surface area (Å²) < 4.78 is 0. The second kappa shape index (κ2) is 7.65. The molecule has 0 rings (SSSR count). The second-order valence-corrected chi connectivity index (χ2v) is 4.07. The second-order valence-electron chi connectivity index (χ2n) is 4.07. The van der Waals surface area contributed by atoms with E-state index in [0.717, 1.165) is 12.8 Å². The number of carbonyl (C=O) groups is 3. The fourth-order valence-electron chi connectivity index (χ4n) is 1.68. The van der Waals surface area contributed by atoms with Gasteiger partial charge in [0.25, 0.3) is 0 Å². The third-order valence-corrected chi connectivity index (χ3v) is 2.59. The van der Waals surface area contributed by atoms with Crippen molar-refractivity contribution in [2.45, 2.75) is 39.0 Å². The molecular weight excluding hydrogens is 228 g/mol. The summed E-state index contributed by atoms with van der Waals surface area (Å²) in [6, 6.07) is 0. The molecule has 98 valence electrons. The molecule has 6 nitrogen and oxygen atoms in total. The number of carboxylic acid groups (broad SMARTS) is 3. The third-order valence-electron chi connectivity index (χ3n) is 2.59. The normalized spacial score (nSPS) is 12.4. The average Bonchev–Trinajstić information content (AvgIpc) is 2.20. The van der Waals surface area contributed by atoms with Gasteiger partial charge in [0, 0.05) is 6.42 Å². The van der Waals surface area contributed by atoms with Crippen LogP contribution in [0.25, 0.3) is 0 Å². The molecule has 0 aromatic heterocycles. The quantitative estimate of drug-likeness (QED) is 0.531. The van der Waals surface area contributed by atoms with Crippen LogP contribution in [0.4, 0.5) is 0 Å². The van der Waals surface area contributed by atoms with Crippen LogP contribution in [0.5, 0.6) is 0 Å². The molecule has 0 radical (unpaired) electrons. The SMILES string of the molecule is CCCCC(CC(=O)O)CC(C(=O)O)C(=O)O. The lowest BCUT2D eigenvalue weighted by molar-refractivity contribution is -0.156. The largest absolute Gasteiger partial charge is 0.481 e. The first kappa shape index (κ1) is 15.4. The molecule has 6 heteroatoms. The summed E-state index contributed by atoms with van der Waals surface area (Å²) in [5.41, 5.74) is 0. The lowest BCUT2D eigenvalue weighted by atomic mass is 9.88. The first-order valence-corrected chi connectivity index (χ1v) is 5.55. The van der Waals surface area contributed by atoms with Gasteiger partial charge in [-0.3, -0.25) is 14.4 Å². The summed E-state index contributed by atoms with van der Waals surface area (Å²) in [7, 11) is 0. The van der Waals surface area contributed by atoms with Crippen molar-refractivity contribution >= 4 is 17.9 Å². The van der Waals surface area contributed by atoms with E-state index in [9.17, 15) is 14.4 Å². The Morgan fingerprint density at radius 3 is 1.94 bits per heavy atom. The van der Waals surface area contributed by atoms with Gasteiger partial charge in [-0.05, 0) is 18.8 Å². The number of unbranched alkanes of at least 4 members (excludes halogenated alkanes) is 1. The number of carboxylic acids is 3. The molecule has 0 aliphatic heterocycles. The highest BCUT2D eigenvalue weighted by Crippen LogP contribution is 2.22. The van der Waals surface area contributed by atoms with E-state index in [2.05, 4.69) is 0 Å². The average molecular weight is 246 g/mol. The van der Waals surface area contributed by atoms with Crippen molar-refractivity contribution in [1.29, 1.82) is 0 Å². The topological polar surface area (TPSA) is 112 Å². The maximum atomic E-state index is 10.7. The van der Waals surface area contributed by atoms with E-state index in [1.807, 2.05) is 6.92 Å². The van der Waals surface area contributed by atoms with Gasteiger partial charge in [-0.15, -0.1) is 0 Å². The van der Waals surface area contributed by atoms with Crippen LogP contribution >= 0.6 is 0 Å². The highest BCUT2D eigenvalue weighted by atomic mass is 16.4. The molecule has 0 bridgehead atoms. The van der Waals surface area contributed by atoms with Gasteiger partial charge in [0.1, 0.15) is 0 Å². The van der Waals surface area contributed by atoms with E-state index in [-0.39, 0.29) is 12.8 Å². The third kappa shape index (κ3) is 6.55. The van der Waals surface area contributed by atoms with Crippen LogP contribution in [0.2, 0.25) is 0 Å². The summed E-state index contributed by atoms with van der Waals surface area (Å²) >= 11 is 0. The number of hydrogen-bond donors (Lipinski definition) is 3. The predicted molar refractivity (Wildman–Crippen MR) is 58.6 cm³/mol. The molecule has 0 fully saturated rings. The van der Waals surface area contributed by atoms with E-state index in [1.165, 1.54) is 0 Å². The lowest BCUT2D eigenvalue weighted by Crippen LogP contribution is -2.27. The Bertz CT molecular complexity index is 272. The van der Waals surface area contributed by atoms with Crippen molar-refractivity contribution in [2.24, 2.45) is 11.8 Å². The smallest absolute Gasteiger partial charge is 0.317 e. The summed E-state index contributed by atoms with van der Waals surface area (Å²) in [5.74, 6) is -5.77. The van der Waals surface area contributed by atoms with Crippen LogP contribution in [-0.4, -0.2) is 33.2 Å². The lowest BCUT2D eigenvalue weighted by Gasteiger charge is -2.16. The molecular formula is C11H18O6. The van der Waals surface area contributed by atoms with Gasteiger partial charge < -0.3 is 15.3 Å². The summed E-state index contributed by atoms with van der Waals surface area (Å²) in [4.78, 5) is 32.0. The Morgan fingerprint density at radius 2 is 1.59 bits per heavy atom. The van der Waals surface area contributed by atoms with Crippen LogP contribution in [0.1, 0.15) is 39.0 Å².